The fourth-order valence-corrected chi connectivity index (χ4v) is 5.92. The molecule has 3 amide bonds. The van der Waals surface area contributed by atoms with Gasteiger partial charge in [-0.05, 0) is 49.9 Å². The van der Waals surface area contributed by atoms with Crippen molar-refractivity contribution in [3.8, 4) is 0 Å². The molecule has 0 unspecified atom stereocenters. The molecule has 4 N–H and O–H groups in total. The lowest BCUT2D eigenvalue weighted by Crippen LogP contribution is -2.58. The van der Waals surface area contributed by atoms with E-state index in [4.69, 9.17) is 0 Å². The smallest absolute Gasteiger partial charge is 0.268 e. The van der Waals surface area contributed by atoms with Gasteiger partial charge in [-0.25, -0.2) is 0 Å². The number of rotatable bonds is 9. The van der Waals surface area contributed by atoms with Gasteiger partial charge in [-0.15, -0.1) is 11.8 Å². The van der Waals surface area contributed by atoms with Gasteiger partial charge in [0.1, 0.15) is 11.7 Å². The molecule has 210 valence electrons. The lowest BCUT2D eigenvalue weighted by molar-refractivity contribution is -0.147. The summed E-state index contributed by atoms with van der Waals surface area (Å²) < 4.78 is -0.604. The third-order valence-corrected chi connectivity index (χ3v) is 8.43. The van der Waals surface area contributed by atoms with Crippen LogP contribution in [0.25, 0.3) is 0 Å². The number of nitrogens with one attached hydrogen (secondary N) is 3. The van der Waals surface area contributed by atoms with Crippen LogP contribution in [0.2, 0.25) is 0 Å². The van der Waals surface area contributed by atoms with Crippen molar-refractivity contribution in [1.82, 2.24) is 20.5 Å². The SMILES string of the molecule is Cc1ccccc1CNC(=O)[C@H]1N(C(=O)[C@@H](O)[C@H](Cc2ccccc2)NC(=O)c2cccc(=O)[nH]2)CSC1(C)C. The molecule has 2 aromatic carbocycles. The third kappa shape index (κ3) is 6.81. The summed E-state index contributed by atoms with van der Waals surface area (Å²) >= 11 is 1.45. The van der Waals surface area contributed by atoms with E-state index in [1.807, 2.05) is 75.4 Å². The van der Waals surface area contributed by atoms with E-state index >= 15 is 0 Å². The van der Waals surface area contributed by atoms with Gasteiger partial charge in [0.15, 0.2) is 6.10 Å². The van der Waals surface area contributed by atoms with E-state index in [1.54, 1.807) is 0 Å². The van der Waals surface area contributed by atoms with Crippen molar-refractivity contribution in [3.63, 3.8) is 0 Å². The molecule has 3 atom stereocenters. The first-order chi connectivity index (χ1) is 19.1. The van der Waals surface area contributed by atoms with E-state index in [2.05, 4.69) is 15.6 Å². The number of amides is 3. The Balaban J connectivity index is 1.55. The first kappa shape index (κ1) is 29.1. The van der Waals surface area contributed by atoms with Crippen LogP contribution < -0.4 is 16.2 Å². The summed E-state index contributed by atoms with van der Waals surface area (Å²) in [6.07, 6.45) is -1.48. The lowest BCUT2D eigenvalue weighted by Gasteiger charge is -2.33. The second kappa shape index (κ2) is 12.5. The Morgan fingerprint density at radius 1 is 1.05 bits per heavy atom. The van der Waals surface area contributed by atoms with Crippen LogP contribution in [0.5, 0.6) is 0 Å². The number of aryl methyl sites for hydroxylation is 1. The van der Waals surface area contributed by atoms with Gasteiger partial charge in [-0.2, -0.15) is 0 Å². The van der Waals surface area contributed by atoms with Gasteiger partial charge < -0.3 is 25.6 Å². The molecule has 1 aliphatic rings. The normalized spacial score (nSPS) is 17.6. The van der Waals surface area contributed by atoms with Crippen LogP contribution in [0.4, 0.5) is 0 Å². The Bertz CT molecular complexity index is 1420. The van der Waals surface area contributed by atoms with Crippen molar-refractivity contribution in [1.29, 1.82) is 0 Å². The Morgan fingerprint density at radius 2 is 1.75 bits per heavy atom. The van der Waals surface area contributed by atoms with Gasteiger partial charge in [-0.1, -0.05) is 60.7 Å². The summed E-state index contributed by atoms with van der Waals surface area (Å²) in [5.74, 6) is -1.39. The molecule has 0 radical (unpaired) electrons. The second-order valence-corrected chi connectivity index (χ2v) is 12.0. The van der Waals surface area contributed by atoms with E-state index in [1.165, 1.54) is 34.9 Å². The van der Waals surface area contributed by atoms with Crippen molar-refractivity contribution in [3.05, 3.63) is 106 Å². The fourth-order valence-electron chi connectivity index (χ4n) is 4.78. The standard InChI is InChI=1S/C30H34N4O5S/c1-19-10-7-8-13-21(19)17-31-28(38)26-30(2,3)40-18-34(26)29(39)25(36)23(16-20-11-5-4-6-12-20)33-27(37)22-14-9-15-24(35)32-22/h4-15,23,25-26,36H,16-18H2,1-3H3,(H,31,38)(H,32,35)(H,33,37)/t23-,25-,26+/m0/s1. The van der Waals surface area contributed by atoms with Crippen molar-refractivity contribution in [2.75, 3.05) is 5.88 Å². The molecule has 0 bridgehead atoms. The third-order valence-electron chi connectivity index (χ3n) is 7.05. The number of pyridine rings is 1. The van der Waals surface area contributed by atoms with Crippen LogP contribution in [0.1, 0.15) is 41.0 Å². The number of H-pyrrole nitrogens is 1. The van der Waals surface area contributed by atoms with Crippen molar-refractivity contribution < 1.29 is 19.5 Å². The quantitative estimate of drug-likeness (QED) is 0.317. The molecule has 10 heteroatoms. The second-order valence-electron chi connectivity index (χ2n) is 10.4. The molecule has 0 spiro atoms. The Hall–Kier alpha value is -3.89. The molecule has 0 aliphatic carbocycles. The molecule has 1 fully saturated rings. The maximum atomic E-state index is 13.8. The average molecular weight is 563 g/mol. The molecule has 3 aromatic rings. The number of carbonyl (C=O) groups is 3. The van der Waals surface area contributed by atoms with Gasteiger partial charge in [0.05, 0.1) is 11.9 Å². The number of aliphatic hydroxyl groups is 1. The lowest BCUT2D eigenvalue weighted by atomic mass is 9.97. The summed E-state index contributed by atoms with van der Waals surface area (Å²) in [5.41, 5.74) is 2.38. The summed E-state index contributed by atoms with van der Waals surface area (Å²) in [6, 6.07) is 19.2. The van der Waals surface area contributed by atoms with Crippen LogP contribution in [-0.4, -0.2) is 61.5 Å². The highest BCUT2D eigenvalue weighted by molar-refractivity contribution is 8.00. The molecule has 0 saturated carbocycles. The number of benzene rings is 2. The fraction of sp³-hybridized carbons (Fsp3) is 0.333. The summed E-state index contributed by atoms with van der Waals surface area (Å²) in [6.45, 7) is 6.07. The number of carbonyl (C=O) groups excluding carboxylic acids is 3. The number of aliphatic hydroxyl groups excluding tert-OH is 1. The number of aromatic nitrogens is 1. The zero-order chi connectivity index (χ0) is 28.9. The number of nitrogens with zero attached hydrogens (tertiary/aromatic N) is 1. The van der Waals surface area contributed by atoms with Crippen LogP contribution in [0.15, 0.2) is 77.6 Å². The molecule has 1 aromatic heterocycles. The van der Waals surface area contributed by atoms with Gasteiger partial charge in [0.25, 0.3) is 11.8 Å². The highest BCUT2D eigenvalue weighted by Crippen LogP contribution is 2.40. The first-order valence-electron chi connectivity index (χ1n) is 13.1. The van der Waals surface area contributed by atoms with E-state index in [9.17, 15) is 24.3 Å². The van der Waals surface area contributed by atoms with E-state index in [0.717, 1.165) is 16.7 Å². The van der Waals surface area contributed by atoms with Gasteiger partial charge in [0, 0.05) is 17.4 Å². The summed E-state index contributed by atoms with van der Waals surface area (Å²) in [5, 5.41) is 17.0. The average Bonchev–Trinajstić information content (AvgIpc) is 3.26. The zero-order valence-corrected chi connectivity index (χ0v) is 23.5. The minimum atomic E-state index is -1.64. The number of hydrogen-bond donors (Lipinski definition) is 4. The number of hydrogen-bond acceptors (Lipinski definition) is 6. The number of thioether (sulfide) groups is 1. The van der Waals surface area contributed by atoms with E-state index in [-0.39, 0.29) is 23.9 Å². The van der Waals surface area contributed by atoms with Gasteiger partial charge >= 0.3 is 0 Å². The van der Waals surface area contributed by atoms with Crippen molar-refractivity contribution >= 4 is 29.5 Å². The first-order valence-corrected chi connectivity index (χ1v) is 14.0. The maximum absolute atomic E-state index is 13.8. The molecule has 1 saturated heterocycles. The molecular formula is C30H34N4O5S. The topological polar surface area (TPSA) is 132 Å². The molecule has 1 aliphatic heterocycles. The number of aromatic amines is 1. The Kier molecular flexibility index (Phi) is 9.11. The van der Waals surface area contributed by atoms with E-state index in [0.29, 0.717) is 6.54 Å². The van der Waals surface area contributed by atoms with Crippen LogP contribution >= 0.6 is 11.8 Å². The van der Waals surface area contributed by atoms with Gasteiger partial charge in [0.2, 0.25) is 11.5 Å². The maximum Gasteiger partial charge on any atom is 0.268 e. The molecule has 9 nitrogen and oxygen atoms in total. The minimum absolute atomic E-state index is 0.0107. The molecule has 4 rings (SSSR count). The van der Waals surface area contributed by atoms with Crippen molar-refractivity contribution in [2.24, 2.45) is 0 Å². The minimum Gasteiger partial charge on any atom is -0.381 e. The van der Waals surface area contributed by atoms with Crippen LogP contribution in [0, 0.1) is 6.92 Å². The molecular weight excluding hydrogens is 528 g/mol. The summed E-state index contributed by atoms with van der Waals surface area (Å²) in [7, 11) is 0. The molecule has 40 heavy (non-hydrogen) atoms. The van der Waals surface area contributed by atoms with Crippen LogP contribution in [-0.2, 0) is 22.6 Å². The van der Waals surface area contributed by atoms with Crippen molar-refractivity contribution in [2.45, 2.75) is 56.7 Å². The Labute approximate surface area is 237 Å². The van der Waals surface area contributed by atoms with E-state index < -0.39 is 40.3 Å². The summed E-state index contributed by atoms with van der Waals surface area (Å²) in [4.78, 5) is 55.7. The van der Waals surface area contributed by atoms with Crippen LogP contribution in [0.3, 0.4) is 0 Å². The Morgan fingerprint density at radius 3 is 2.45 bits per heavy atom. The highest BCUT2D eigenvalue weighted by atomic mass is 32.2. The molecule has 2 heterocycles. The predicted octanol–water partition coefficient (Wildman–Crippen LogP) is 2.38. The zero-order valence-electron chi connectivity index (χ0n) is 22.7. The van der Waals surface area contributed by atoms with Gasteiger partial charge in [-0.3, -0.25) is 19.2 Å². The highest BCUT2D eigenvalue weighted by Gasteiger charge is 2.49. The predicted molar refractivity (Wildman–Crippen MR) is 155 cm³/mol. The largest absolute Gasteiger partial charge is 0.381 e. The monoisotopic (exact) mass is 562 g/mol.